The van der Waals surface area contributed by atoms with Crippen molar-refractivity contribution in [1.82, 2.24) is 14.5 Å². The van der Waals surface area contributed by atoms with Gasteiger partial charge in [0.05, 0.1) is 10.6 Å². The van der Waals surface area contributed by atoms with Crippen LogP contribution >= 0.6 is 11.6 Å². The van der Waals surface area contributed by atoms with Gasteiger partial charge < -0.3 is 19.9 Å². The summed E-state index contributed by atoms with van der Waals surface area (Å²) in [5, 5.41) is 4.43. The van der Waals surface area contributed by atoms with Gasteiger partial charge in [-0.25, -0.2) is 14.8 Å². The van der Waals surface area contributed by atoms with Gasteiger partial charge >= 0.3 is 12.2 Å². The first-order valence-electron chi connectivity index (χ1n) is 9.46. The van der Waals surface area contributed by atoms with Gasteiger partial charge in [-0.05, 0) is 54.6 Å². The van der Waals surface area contributed by atoms with Crippen molar-refractivity contribution in [3.63, 3.8) is 0 Å². The summed E-state index contributed by atoms with van der Waals surface area (Å²) in [4.78, 5) is 20.4. The highest BCUT2D eigenvalue weighted by Gasteiger charge is 2.33. The molecular weight excluding hydrogens is 459 g/mol. The van der Waals surface area contributed by atoms with Crippen LogP contribution in [-0.2, 0) is 6.18 Å². The number of hydrogen-bond acceptors (Lipinski definition) is 4. The third kappa shape index (κ3) is 5.60. The maximum atomic E-state index is 13.0. The smallest absolute Gasteiger partial charge is 0.417 e. The van der Waals surface area contributed by atoms with Crippen molar-refractivity contribution >= 4 is 29.0 Å². The standard InChI is InChI=1S/C22H15ClF3N5O2/c23-18-8-5-15(11-17(18)22(24,25)26)30-21(32)29-14-3-6-16(7-4-14)33-20-12-19(27-13-28-20)31-9-1-2-10-31/h1-13H,(H2,29,30,32). The second kappa shape index (κ2) is 9.21. The number of benzene rings is 2. The number of alkyl halides is 3. The monoisotopic (exact) mass is 473 g/mol. The Hall–Kier alpha value is -4.05. The highest BCUT2D eigenvalue weighted by atomic mass is 35.5. The van der Waals surface area contributed by atoms with Crippen LogP contribution in [0.3, 0.4) is 0 Å². The number of rotatable bonds is 5. The van der Waals surface area contributed by atoms with Gasteiger partial charge in [0.1, 0.15) is 17.9 Å². The Morgan fingerprint density at radius 3 is 2.30 bits per heavy atom. The Morgan fingerprint density at radius 1 is 0.939 bits per heavy atom. The van der Waals surface area contributed by atoms with E-state index in [1.165, 1.54) is 12.4 Å². The molecular formula is C22H15ClF3N5O2. The maximum Gasteiger partial charge on any atom is 0.417 e. The minimum atomic E-state index is -4.63. The highest BCUT2D eigenvalue weighted by Crippen LogP contribution is 2.36. The molecule has 11 heteroatoms. The molecule has 0 saturated heterocycles. The van der Waals surface area contributed by atoms with Crippen LogP contribution < -0.4 is 15.4 Å². The quantitative estimate of drug-likeness (QED) is 0.352. The molecule has 2 heterocycles. The number of amides is 2. The van der Waals surface area contributed by atoms with Gasteiger partial charge in [0.2, 0.25) is 5.88 Å². The molecule has 2 amide bonds. The molecule has 0 aliphatic rings. The molecule has 2 N–H and O–H groups in total. The lowest BCUT2D eigenvalue weighted by Gasteiger charge is -2.12. The Kier molecular flexibility index (Phi) is 6.18. The SMILES string of the molecule is O=C(Nc1ccc(Oc2cc(-n3cccc3)ncn2)cc1)Nc1ccc(Cl)c(C(F)(F)F)c1. The molecule has 0 fully saturated rings. The first-order valence-corrected chi connectivity index (χ1v) is 9.84. The zero-order valence-electron chi connectivity index (χ0n) is 16.7. The summed E-state index contributed by atoms with van der Waals surface area (Å²) in [5.41, 5.74) is -0.680. The lowest BCUT2D eigenvalue weighted by molar-refractivity contribution is -0.137. The molecule has 0 aliphatic carbocycles. The van der Waals surface area contributed by atoms with Crippen LogP contribution in [0.4, 0.5) is 29.3 Å². The fourth-order valence-corrected chi connectivity index (χ4v) is 3.08. The van der Waals surface area contributed by atoms with Crippen LogP contribution in [0.15, 0.2) is 79.4 Å². The summed E-state index contributed by atoms with van der Waals surface area (Å²) in [6.45, 7) is 0. The number of halogens is 4. The molecule has 0 bridgehead atoms. The van der Waals surface area contributed by atoms with Gasteiger partial charge in [-0.1, -0.05) is 11.6 Å². The number of carbonyl (C=O) groups excluding carboxylic acids is 1. The molecule has 168 valence electrons. The molecule has 0 spiro atoms. The van der Waals surface area contributed by atoms with E-state index in [-0.39, 0.29) is 5.69 Å². The Balaban J connectivity index is 1.38. The van der Waals surface area contributed by atoms with Crippen molar-refractivity contribution in [2.45, 2.75) is 6.18 Å². The number of urea groups is 1. The van der Waals surface area contributed by atoms with Crippen LogP contribution in [0, 0.1) is 0 Å². The molecule has 0 unspecified atom stereocenters. The van der Waals surface area contributed by atoms with E-state index >= 15 is 0 Å². The van der Waals surface area contributed by atoms with Crippen molar-refractivity contribution in [3.05, 3.63) is 90.0 Å². The number of carbonyl (C=O) groups is 1. The second-order valence-electron chi connectivity index (χ2n) is 6.70. The van der Waals surface area contributed by atoms with Crippen molar-refractivity contribution in [3.8, 4) is 17.4 Å². The maximum absolute atomic E-state index is 13.0. The van der Waals surface area contributed by atoms with E-state index in [2.05, 4.69) is 20.6 Å². The second-order valence-corrected chi connectivity index (χ2v) is 7.11. The summed E-state index contributed by atoms with van der Waals surface area (Å²) >= 11 is 5.59. The lowest BCUT2D eigenvalue weighted by atomic mass is 10.2. The first-order chi connectivity index (χ1) is 15.8. The first kappa shape index (κ1) is 22.2. The molecule has 4 rings (SSSR count). The van der Waals surface area contributed by atoms with Crippen LogP contribution in [0.5, 0.6) is 11.6 Å². The summed E-state index contributed by atoms with van der Waals surface area (Å²) in [5.74, 6) is 1.43. The van der Waals surface area contributed by atoms with E-state index < -0.39 is 22.8 Å². The largest absolute Gasteiger partial charge is 0.439 e. The summed E-state index contributed by atoms with van der Waals surface area (Å²) in [6.07, 6.45) is 0.427. The number of nitrogens with one attached hydrogen (secondary N) is 2. The molecule has 33 heavy (non-hydrogen) atoms. The third-order valence-corrected chi connectivity index (χ3v) is 4.69. The topological polar surface area (TPSA) is 81.1 Å². The van der Waals surface area contributed by atoms with Gasteiger partial charge in [-0.3, -0.25) is 0 Å². The molecule has 4 aromatic rings. The fraction of sp³-hybridized carbons (Fsp3) is 0.0455. The normalized spacial score (nSPS) is 11.2. The Morgan fingerprint density at radius 2 is 1.61 bits per heavy atom. The van der Waals surface area contributed by atoms with Crippen LogP contribution in [0.1, 0.15) is 5.56 Å². The van der Waals surface area contributed by atoms with Crippen molar-refractivity contribution in [2.24, 2.45) is 0 Å². The van der Waals surface area contributed by atoms with Crippen LogP contribution in [0.2, 0.25) is 5.02 Å². The molecule has 2 aromatic carbocycles. The van der Waals surface area contributed by atoms with E-state index in [0.717, 1.165) is 12.1 Å². The number of nitrogens with zero attached hydrogens (tertiary/aromatic N) is 3. The van der Waals surface area contributed by atoms with Gasteiger partial charge in [0.15, 0.2) is 0 Å². The molecule has 0 radical (unpaired) electrons. The van der Waals surface area contributed by atoms with Gasteiger partial charge in [0, 0.05) is 29.8 Å². The fourth-order valence-electron chi connectivity index (χ4n) is 2.85. The molecule has 2 aromatic heterocycles. The average Bonchev–Trinajstić information content (AvgIpc) is 3.31. The van der Waals surface area contributed by atoms with E-state index in [4.69, 9.17) is 16.3 Å². The van der Waals surface area contributed by atoms with E-state index in [0.29, 0.717) is 23.1 Å². The van der Waals surface area contributed by atoms with E-state index in [9.17, 15) is 18.0 Å². The highest BCUT2D eigenvalue weighted by molar-refractivity contribution is 6.31. The number of hydrogen-bond donors (Lipinski definition) is 2. The number of aromatic nitrogens is 3. The third-order valence-electron chi connectivity index (χ3n) is 4.36. The number of ether oxygens (including phenoxy) is 1. The summed E-state index contributed by atoms with van der Waals surface area (Å²) < 4.78 is 46.4. The Bertz CT molecular complexity index is 1260. The van der Waals surface area contributed by atoms with E-state index in [1.807, 2.05) is 24.5 Å². The predicted molar refractivity (Wildman–Crippen MR) is 117 cm³/mol. The zero-order valence-corrected chi connectivity index (χ0v) is 17.4. The van der Waals surface area contributed by atoms with Gasteiger partial charge in [-0.15, -0.1) is 0 Å². The summed E-state index contributed by atoms with van der Waals surface area (Å²) in [6, 6.07) is 14.2. The molecule has 0 atom stereocenters. The Labute approximate surface area is 190 Å². The zero-order chi connectivity index (χ0) is 23.4. The van der Waals surface area contributed by atoms with Gasteiger partial charge in [-0.2, -0.15) is 13.2 Å². The van der Waals surface area contributed by atoms with E-state index in [1.54, 1.807) is 34.9 Å². The molecule has 0 aliphatic heterocycles. The summed E-state index contributed by atoms with van der Waals surface area (Å²) in [7, 11) is 0. The minimum absolute atomic E-state index is 0.0496. The average molecular weight is 474 g/mol. The number of anilines is 2. The predicted octanol–water partition coefficient (Wildman–Crippen LogP) is 6.38. The van der Waals surface area contributed by atoms with Gasteiger partial charge in [0.25, 0.3) is 0 Å². The minimum Gasteiger partial charge on any atom is -0.439 e. The molecule has 7 nitrogen and oxygen atoms in total. The van der Waals surface area contributed by atoms with Crippen LogP contribution in [0.25, 0.3) is 5.82 Å². The molecule has 0 saturated carbocycles. The van der Waals surface area contributed by atoms with Crippen LogP contribution in [-0.4, -0.2) is 20.6 Å². The van der Waals surface area contributed by atoms with Crippen molar-refractivity contribution in [2.75, 3.05) is 10.6 Å². The lowest BCUT2D eigenvalue weighted by Crippen LogP contribution is -2.19. The van der Waals surface area contributed by atoms with Crippen molar-refractivity contribution in [1.29, 1.82) is 0 Å². The van der Waals surface area contributed by atoms with Crippen molar-refractivity contribution < 1.29 is 22.7 Å².